The molecule has 0 bridgehead atoms. The third-order valence-corrected chi connectivity index (χ3v) is 2.54. The van der Waals surface area contributed by atoms with Crippen molar-refractivity contribution in [2.45, 2.75) is 25.9 Å². The predicted octanol–water partition coefficient (Wildman–Crippen LogP) is 1.86. The SMILES string of the molecule is CC(Oc1ccc2c(c1)CCCO2)C(=O)O. The van der Waals surface area contributed by atoms with E-state index in [0.29, 0.717) is 5.75 Å². The molecular formula is C12H14O4. The molecular weight excluding hydrogens is 208 g/mol. The van der Waals surface area contributed by atoms with Gasteiger partial charge in [-0.05, 0) is 43.5 Å². The molecule has 2 rings (SSSR count). The van der Waals surface area contributed by atoms with Gasteiger partial charge in [0.15, 0.2) is 6.10 Å². The van der Waals surface area contributed by atoms with Crippen molar-refractivity contribution in [3.05, 3.63) is 23.8 Å². The number of hydrogen-bond donors (Lipinski definition) is 1. The van der Waals surface area contributed by atoms with Crippen LogP contribution < -0.4 is 9.47 Å². The minimum atomic E-state index is -0.964. The molecule has 1 aliphatic heterocycles. The average Bonchev–Trinajstić information content (AvgIpc) is 2.28. The Morgan fingerprint density at radius 2 is 2.38 bits per heavy atom. The van der Waals surface area contributed by atoms with Crippen LogP contribution in [0.5, 0.6) is 11.5 Å². The summed E-state index contributed by atoms with van der Waals surface area (Å²) in [6.07, 6.45) is 1.11. The van der Waals surface area contributed by atoms with Crippen molar-refractivity contribution in [3.63, 3.8) is 0 Å². The summed E-state index contributed by atoms with van der Waals surface area (Å²) in [5.41, 5.74) is 1.08. The number of carboxylic acid groups (broad SMARTS) is 1. The zero-order valence-electron chi connectivity index (χ0n) is 9.10. The molecule has 16 heavy (non-hydrogen) atoms. The quantitative estimate of drug-likeness (QED) is 0.848. The predicted molar refractivity (Wildman–Crippen MR) is 58.0 cm³/mol. The number of benzene rings is 1. The number of fused-ring (bicyclic) bond motifs is 1. The van der Waals surface area contributed by atoms with Crippen LogP contribution in [0.2, 0.25) is 0 Å². The van der Waals surface area contributed by atoms with Gasteiger partial charge in [-0.25, -0.2) is 4.79 Å². The molecule has 4 heteroatoms. The molecule has 86 valence electrons. The monoisotopic (exact) mass is 222 g/mol. The molecule has 1 aliphatic rings. The highest BCUT2D eigenvalue weighted by Crippen LogP contribution is 2.28. The third kappa shape index (κ3) is 2.27. The summed E-state index contributed by atoms with van der Waals surface area (Å²) < 4.78 is 10.7. The minimum Gasteiger partial charge on any atom is -0.493 e. The highest BCUT2D eigenvalue weighted by Gasteiger charge is 2.15. The third-order valence-electron chi connectivity index (χ3n) is 2.54. The number of aliphatic carboxylic acids is 1. The van der Waals surface area contributed by atoms with Crippen LogP contribution in [0.15, 0.2) is 18.2 Å². The van der Waals surface area contributed by atoms with E-state index in [1.54, 1.807) is 6.07 Å². The van der Waals surface area contributed by atoms with Gasteiger partial charge in [0.05, 0.1) is 6.61 Å². The van der Waals surface area contributed by atoms with Crippen molar-refractivity contribution in [3.8, 4) is 11.5 Å². The maximum absolute atomic E-state index is 10.6. The van der Waals surface area contributed by atoms with Crippen LogP contribution in [-0.4, -0.2) is 23.8 Å². The van der Waals surface area contributed by atoms with E-state index in [2.05, 4.69) is 0 Å². The van der Waals surface area contributed by atoms with Gasteiger partial charge in [-0.3, -0.25) is 0 Å². The fourth-order valence-electron chi connectivity index (χ4n) is 1.66. The maximum atomic E-state index is 10.6. The standard InChI is InChI=1S/C12H14O4/c1-8(12(13)14)16-10-4-5-11-9(7-10)3-2-6-15-11/h4-5,7-8H,2-3,6H2,1H3,(H,13,14). The largest absolute Gasteiger partial charge is 0.493 e. The highest BCUT2D eigenvalue weighted by atomic mass is 16.5. The lowest BCUT2D eigenvalue weighted by Gasteiger charge is -2.18. The van der Waals surface area contributed by atoms with Gasteiger partial charge in [-0.15, -0.1) is 0 Å². The molecule has 1 aromatic rings. The van der Waals surface area contributed by atoms with Gasteiger partial charge in [-0.2, -0.15) is 0 Å². The molecule has 0 saturated carbocycles. The molecule has 1 heterocycles. The van der Waals surface area contributed by atoms with Crippen molar-refractivity contribution in [1.82, 2.24) is 0 Å². The normalized spacial score (nSPS) is 15.8. The molecule has 0 aromatic heterocycles. The number of aryl methyl sites for hydroxylation is 1. The second-order valence-corrected chi connectivity index (χ2v) is 3.82. The van der Waals surface area contributed by atoms with Crippen LogP contribution in [0.1, 0.15) is 18.9 Å². The molecule has 1 aromatic carbocycles. The van der Waals surface area contributed by atoms with Gasteiger partial charge in [-0.1, -0.05) is 0 Å². The minimum absolute atomic E-state index is 0.583. The zero-order chi connectivity index (χ0) is 11.5. The Morgan fingerprint density at radius 3 is 3.12 bits per heavy atom. The Balaban J connectivity index is 2.14. The summed E-state index contributed by atoms with van der Waals surface area (Å²) in [5, 5.41) is 8.73. The van der Waals surface area contributed by atoms with Gasteiger partial charge >= 0.3 is 5.97 Å². The van der Waals surface area contributed by atoms with Crippen molar-refractivity contribution in [2.24, 2.45) is 0 Å². The molecule has 0 aliphatic carbocycles. The van der Waals surface area contributed by atoms with E-state index in [1.165, 1.54) is 6.92 Å². The molecule has 1 atom stereocenters. The van der Waals surface area contributed by atoms with E-state index in [9.17, 15) is 4.79 Å². The molecule has 0 radical (unpaired) electrons. The second kappa shape index (κ2) is 4.43. The first kappa shape index (κ1) is 10.8. The van der Waals surface area contributed by atoms with Gasteiger partial charge in [0.25, 0.3) is 0 Å². The van der Waals surface area contributed by atoms with Crippen molar-refractivity contribution >= 4 is 5.97 Å². The van der Waals surface area contributed by atoms with Crippen LogP contribution >= 0.6 is 0 Å². The first-order chi connectivity index (χ1) is 7.66. The van der Waals surface area contributed by atoms with E-state index in [4.69, 9.17) is 14.6 Å². The van der Waals surface area contributed by atoms with Crippen LogP contribution in [0.3, 0.4) is 0 Å². The van der Waals surface area contributed by atoms with Crippen LogP contribution in [0.4, 0.5) is 0 Å². The maximum Gasteiger partial charge on any atom is 0.344 e. The lowest BCUT2D eigenvalue weighted by molar-refractivity contribution is -0.144. The summed E-state index contributed by atoms with van der Waals surface area (Å²) in [6.45, 7) is 2.26. The fraction of sp³-hybridized carbons (Fsp3) is 0.417. The van der Waals surface area contributed by atoms with Gasteiger partial charge in [0.1, 0.15) is 11.5 Å². The highest BCUT2D eigenvalue weighted by molar-refractivity contribution is 5.72. The summed E-state index contributed by atoms with van der Waals surface area (Å²) in [5.74, 6) is 0.495. The van der Waals surface area contributed by atoms with Crippen molar-refractivity contribution in [1.29, 1.82) is 0 Å². The Morgan fingerprint density at radius 1 is 1.56 bits per heavy atom. The molecule has 0 saturated heterocycles. The number of hydrogen-bond acceptors (Lipinski definition) is 3. The van der Waals surface area contributed by atoms with Crippen LogP contribution in [-0.2, 0) is 11.2 Å². The van der Waals surface area contributed by atoms with Gasteiger partial charge in [0, 0.05) is 0 Å². The summed E-state index contributed by atoms with van der Waals surface area (Å²) in [7, 11) is 0. The Bertz CT molecular complexity index is 400. The average molecular weight is 222 g/mol. The summed E-state index contributed by atoms with van der Waals surface area (Å²) >= 11 is 0. The number of carboxylic acids is 1. The number of carbonyl (C=O) groups is 1. The lowest BCUT2D eigenvalue weighted by atomic mass is 10.1. The number of ether oxygens (including phenoxy) is 2. The van der Waals surface area contributed by atoms with Gasteiger partial charge in [0.2, 0.25) is 0 Å². The van der Waals surface area contributed by atoms with Gasteiger partial charge < -0.3 is 14.6 Å². The van der Waals surface area contributed by atoms with E-state index in [0.717, 1.165) is 30.8 Å². The van der Waals surface area contributed by atoms with E-state index >= 15 is 0 Å². The van der Waals surface area contributed by atoms with E-state index in [1.807, 2.05) is 12.1 Å². The second-order valence-electron chi connectivity index (χ2n) is 3.82. The van der Waals surface area contributed by atoms with Crippen molar-refractivity contribution in [2.75, 3.05) is 6.61 Å². The molecule has 1 N–H and O–H groups in total. The summed E-state index contributed by atoms with van der Waals surface area (Å²) in [6, 6.07) is 5.43. The first-order valence-electron chi connectivity index (χ1n) is 5.32. The Hall–Kier alpha value is -1.71. The zero-order valence-corrected chi connectivity index (χ0v) is 9.10. The molecule has 0 fully saturated rings. The van der Waals surface area contributed by atoms with E-state index in [-0.39, 0.29) is 0 Å². The molecule has 1 unspecified atom stereocenters. The summed E-state index contributed by atoms with van der Waals surface area (Å²) in [4.78, 5) is 10.6. The van der Waals surface area contributed by atoms with E-state index < -0.39 is 12.1 Å². The fourth-order valence-corrected chi connectivity index (χ4v) is 1.66. The lowest BCUT2D eigenvalue weighted by Crippen LogP contribution is -2.23. The molecule has 0 spiro atoms. The Kier molecular flexibility index (Phi) is 2.99. The van der Waals surface area contributed by atoms with Crippen LogP contribution in [0, 0.1) is 0 Å². The van der Waals surface area contributed by atoms with Crippen molar-refractivity contribution < 1.29 is 19.4 Å². The topological polar surface area (TPSA) is 55.8 Å². The molecule has 0 amide bonds. The number of rotatable bonds is 3. The first-order valence-corrected chi connectivity index (χ1v) is 5.32. The van der Waals surface area contributed by atoms with Crippen LogP contribution in [0.25, 0.3) is 0 Å². The molecule has 4 nitrogen and oxygen atoms in total. The Labute approximate surface area is 93.8 Å². The smallest absolute Gasteiger partial charge is 0.344 e.